The molecular formula is C20H18N8O3. The smallest absolute Gasteiger partial charge is 0.322 e. The molecule has 31 heavy (non-hydrogen) atoms. The highest BCUT2D eigenvalue weighted by Crippen LogP contribution is 2.20. The minimum atomic E-state index is -0.480. The minimum Gasteiger partial charge on any atom is -0.411 e. The molecule has 3 heterocycles. The van der Waals surface area contributed by atoms with Gasteiger partial charge in [0.1, 0.15) is 17.8 Å². The van der Waals surface area contributed by atoms with Gasteiger partial charge in [-0.3, -0.25) is 14.9 Å². The Labute approximate surface area is 176 Å². The zero-order chi connectivity index (χ0) is 21.8. The summed E-state index contributed by atoms with van der Waals surface area (Å²) < 4.78 is 6.78. The van der Waals surface area contributed by atoms with Crippen LogP contribution in [0.1, 0.15) is 40.6 Å². The van der Waals surface area contributed by atoms with Gasteiger partial charge in [0.05, 0.1) is 0 Å². The molecule has 0 aliphatic carbocycles. The van der Waals surface area contributed by atoms with Crippen LogP contribution in [0.5, 0.6) is 0 Å². The maximum Gasteiger partial charge on any atom is 0.322 e. The summed E-state index contributed by atoms with van der Waals surface area (Å²) in [5.41, 5.74) is 1.13. The monoisotopic (exact) mass is 418 g/mol. The van der Waals surface area contributed by atoms with Crippen LogP contribution in [-0.4, -0.2) is 41.8 Å². The first-order valence-corrected chi connectivity index (χ1v) is 9.37. The number of carbonyl (C=O) groups excluding carboxylic acids is 2. The van der Waals surface area contributed by atoms with Gasteiger partial charge in [-0.05, 0) is 44.2 Å². The van der Waals surface area contributed by atoms with Gasteiger partial charge in [-0.15, -0.1) is 15.3 Å². The summed E-state index contributed by atoms with van der Waals surface area (Å²) in [5, 5.41) is 20.3. The molecule has 156 valence electrons. The van der Waals surface area contributed by atoms with E-state index in [-0.39, 0.29) is 23.2 Å². The van der Waals surface area contributed by atoms with Gasteiger partial charge >= 0.3 is 6.01 Å². The van der Waals surface area contributed by atoms with Gasteiger partial charge in [-0.25, -0.2) is 4.98 Å². The fraction of sp³-hybridized carbons (Fsp3) is 0.150. The van der Waals surface area contributed by atoms with E-state index in [0.717, 1.165) is 6.39 Å². The van der Waals surface area contributed by atoms with E-state index < -0.39 is 11.8 Å². The zero-order valence-corrected chi connectivity index (χ0v) is 16.7. The predicted octanol–water partition coefficient (Wildman–Crippen LogP) is 2.81. The fourth-order valence-corrected chi connectivity index (χ4v) is 2.82. The lowest BCUT2D eigenvalue weighted by atomic mass is 10.1. The molecule has 1 aromatic carbocycles. The van der Waals surface area contributed by atoms with Crippen LogP contribution in [0, 0.1) is 0 Å². The molecule has 0 fully saturated rings. The highest BCUT2D eigenvalue weighted by Gasteiger charge is 2.15. The standard InChI is InChI=1S/C20H18N8O3/c1-12(2)28-10-21-26-17(28)15-7-4-8-16(23-15)24-18(29)13-5-3-6-14(9-13)19(30)25-20-27-22-11-31-20/h3-12H,1-2H3,(H,23,24,29)(H,25,27,30). The number of pyridine rings is 1. The first-order chi connectivity index (χ1) is 15.0. The number of nitrogens with zero attached hydrogens (tertiary/aromatic N) is 6. The van der Waals surface area contributed by atoms with Crippen LogP contribution >= 0.6 is 0 Å². The number of amides is 2. The van der Waals surface area contributed by atoms with E-state index in [2.05, 4.69) is 36.0 Å². The molecule has 11 nitrogen and oxygen atoms in total. The lowest BCUT2D eigenvalue weighted by Gasteiger charge is -2.11. The summed E-state index contributed by atoms with van der Waals surface area (Å²) >= 11 is 0. The Hall–Kier alpha value is -4.41. The summed E-state index contributed by atoms with van der Waals surface area (Å²) in [7, 11) is 0. The van der Waals surface area contributed by atoms with E-state index >= 15 is 0 Å². The molecule has 11 heteroatoms. The molecule has 0 radical (unpaired) electrons. The van der Waals surface area contributed by atoms with E-state index in [1.54, 1.807) is 42.7 Å². The number of benzene rings is 1. The molecule has 4 aromatic rings. The largest absolute Gasteiger partial charge is 0.411 e. The SMILES string of the molecule is CC(C)n1cnnc1-c1cccc(NC(=O)c2cccc(C(=O)Nc3nnco3)c2)n1. The van der Waals surface area contributed by atoms with Crippen LogP contribution in [0.15, 0.2) is 59.6 Å². The summed E-state index contributed by atoms with van der Waals surface area (Å²) in [4.78, 5) is 29.5. The van der Waals surface area contributed by atoms with Crippen molar-refractivity contribution in [2.45, 2.75) is 19.9 Å². The summed E-state index contributed by atoms with van der Waals surface area (Å²) in [5.74, 6) is 0.0572. The Morgan fingerprint density at radius 3 is 2.42 bits per heavy atom. The van der Waals surface area contributed by atoms with Gasteiger partial charge in [-0.2, -0.15) is 0 Å². The van der Waals surface area contributed by atoms with Crippen molar-refractivity contribution in [3.8, 4) is 11.5 Å². The minimum absolute atomic E-state index is 0.0323. The number of anilines is 2. The normalized spacial score (nSPS) is 10.8. The molecule has 3 aromatic heterocycles. The lowest BCUT2D eigenvalue weighted by molar-refractivity contribution is 0.102. The van der Waals surface area contributed by atoms with Crippen LogP contribution in [0.2, 0.25) is 0 Å². The number of hydrogen-bond donors (Lipinski definition) is 2. The summed E-state index contributed by atoms with van der Waals surface area (Å²) in [6.45, 7) is 4.03. The highest BCUT2D eigenvalue weighted by molar-refractivity contribution is 6.08. The van der Waals surface area contributed by atoms with Crippen molar-refractivity contribution >= 4 is 23.6 Å². The molecule has 0 saturated carbocycles. The molecule has 2 N–H and O–H groups in total. The number of aromatic nitrogens is 6. The van der Waals surface area contributed by atoms with Gasteiger partial charge in [0.25, 0.3) is 11.8 Å². The molecule has 2 amide bonds. The Bertz CT molecular complexity index is 1220. The van der Waals surface area contributed by atoms with Crippen molar-refractivity contribution in [2.75, 3.05) is 10.6 Å². The van der Waals surface area contributed by atoms with Crippen LogP contribution in [0.25, 0.3) is 11.5 Å². The molecule has 0 aliphatic heterocycles. The first kappa shape index (κ1) is 19.9. The van der Waals surface area contributed by atoms with Gasteiger partial charge in [-0.1, -0.05) is 17.2 Å². The molecule has 0 saturated heterocycles. The third-order valence-electron chi connectivity index (χ3n) is 4.32. The van der Waals surface area contributed by atoms with E-state index in [9.17, 15) is 9.59 Å². The van der Waals surface area contributed by atoms with Crippen molar-refractivity contribution in [2.24, 2.45) is 0 Å². The third-order valence-corrected chi connectivity index (χ3v) is 4.32. The van der Waals surface area contributed by atoms with Crippen molar-refractivity contribution in [1.29, 1.82) is 0 Å². The first-order valence-electron chi connectivity index (χ1n) is 9.37. The van der Waals surface area contributed by atoms with E-state index in [1.165, 1.54) is 6.07 Å². The number of hydrogen-bond acceptors (Lipinski definition) is 8. The van der Waals surface area contributed by atoms with Gasteiger partial charge < -0.3 is 14.3 Å². The van der Waals surface area contributed by atoms with Gasteiger partial charge in [0, 0.05) is 17.2 Å². The van der Waals surface area contributed by atoms with Crippen molar-refractivity contribution in [3.63, 3.8) is 0 Å². The number of carbonyl (C=O) groups is 2. The fourth-order valence-electron chi connectivity index (χ4n) is 2.82. The van der Waals surface area contributed by atoms with Crippen molar-refractivity contribution < 1.29 is 14.0 Å². The molecule has 0 spiro atoms. The van der Waals surface area contributed by atoms with Gasteiger partial charge in [0.2, 0.25) is 6.39 Å². The number of rotatable bonds is 6. The van der Waals surface area contributed by atoms with E-state index in [0.29, 0.717) is 17.3 Å². The Morgan fingerprint density at radius 2 is 1.71 bits per heavy atom. The van der Waals surface area contributed by atoms with E-state index in [4.69, 9.17) is 4.42 Å². The van der Waals surface area contributed by atoms with Gasteiger partial charge in [0.15, 0.2) is 5.82 Å². The maximum absolute atomic E-state index is 12.7. The Morgan fingerprint density at radius 1 is 0.968 bits per heavy atom. The average molecular weight is 418 g/mol. The quantitative estimate of drug-likeness (QED) is 0.487. The molecule has 0 unspecified atom stereocenters. The van der Waals surface area contributed by atoms with Crippen molar-refractivity contribution in [1.82, 2.24) is 29.9 Å². The van der Waals surface area contributed by atoms with Crippen LogP contribution < -0.4 is 10.6 Å². The third kappa shape index (κ3) is 4.45. The summed E-state index contributed by atoms with van der Waals surface area (Å²) in [6.07, 6.45) is 2.74. The Balaban J connectivity index is 1.51. The van der Waals surface area contributed by atoms with Crippen molar-refractivity contribution in [3.05, 3.63) is 66.3 Å². The predicted molar refractivity (Wildman–Crippen MR) is 110 cm³/mol. The lowest BCUT2D eigenvalue weighted by Crippen LogP contribution is -2.16. The molecule has 0 atom stereocenters. The summed E-state index contributed by atoms with van der Waals surface area (Å²) in [6, 6.07) is 11.6. The maximum atomic E-state index is 12.7. The molecule has 0 aliphatic rings. The van der Waals surface area contributed by atoms with Crippen LogP contribution in [-0.2, 0) is 0 Å². The average Bonchev–Trinajstić information content (AvgIpc) is 3.46. The molecule has 4 rings (SSSR count). The van der Waals surface area contributed by atoms with Crippen LogP contribution in [0.4, 0.5) is 11.8 Å². The second-order valence-corrected chi connectivity index (χ2v) is 6.80. The van der Waals surface area contributed by atoms with E-state index in [1.807, 2.05) is 18.4 Å². The Kier molecular flexibility index (Phi) is 5.47. The second kappa shape index (κ2) is 8.53. The highest BCUT2D eigenvalue weighted by atomic mass is 16.4. The number of nitrogens with one attached hydrogen (secondary N) is 2. The second-order valence-electron chi connectivity index (χ2n) is 6.80. The molecular weight excluding hydrogens is 400 g/mol. The topological polar surface area (TPSA) is 141 Å². The zero-order valence-electron chi connectivity index (χ0n) is 16.7. The molecule has 0 bridgehead atoms. The van der Waals surface area contributed by atoms with Crippen LogP contribution in [0.3, 0.4) is 0 Å².